The van der Waals surface area contributed by atoms with Crippen molar-refractivity contribution in [1.82, 2.24) is 0 Å². The highest BCUT2D eigenvalue weighted by Crippen LogP contribution is 2.38. The third-order valence-corrected chi connectivity index (χ3v) is 6.14. The van der Waals surface area contributed by atoms with Crippen molar-refractivity contribution in [3.05, 3.63) is 47.0 Å². The molecular formula is C22H27F2N. The van der Waals surface area contributed by atoms with Crippen LogP contribution < -0.4 is 0 Å². The molecule has 3 rings (SSSR count). The zero-order chi connectivity index (χ0) is 17.8. The van der Waals surface area contributed by atoms with Gasteiger partial charge in [-0.1, -0.05) is 31.9 Å². The van der Waals surface area contributed by atoms with Gasteiger partial charge in [-0.15, -0.1) is 0 Å². The lowest BCUT2D eigenvalue weighted by Gasteiger charge is -2.28. The molecular weight excluding hydrogens is 316 g/mol. The molecule has 2 saturated carbocycles. The maximum Gasteiger partial charge on any atom is 0.144 e. The van der Waals surface area contributed by atoms with E-state index < -0.39 is 17.2 Å². The van der Waals surface area contributed by atoms with Crippen molar-refractivity contribution in [2.45, 2.75) is 64.2 Å². The van der Waals surface area contributed by atoms with Crippen LogP contribution in [0, 0.1) is 40.7 Å². The zero-order valence-electron chi connectivity index (χ0n) is 15.0. The van der Waals surface area contributed by atoms with Crippen LogP contribution in [-0.2, 0) is 0 Å². The Bertz CT molecular complexity index is 634. The number of rotatable bonds is 3. The van der Waals surface area contributed by atoms with E-state index in [4.69, 9.17) is 5.26 Å². The van der Waals surface area contributed by atoms with Gasteiger partial charge >= 0.3 is 0 Å². The third-order valence-electron chi connectivity index (χ3n) is 6.14. The Labute approximate surface area is 149 Å². The van der Waals surface area contributed by atoms with E-state index in [0.717, 1.165) is 37.5 Å². The Balaban J connectivity index is 1.54. The quantitative estimate of drug-likeness (QED) is 0.575. The summed E-state index contributed by atoms with van der Waals surface area (Å²) in [5, 5.41) is 8.78. The highest BCUT2D eigenvalue weighted by molar-refractivity contribution is 5.36. The molecule has 0 spiro atoms. The van der Waals surface area contributed by atoms with Gasteiger partial charge in [0.2, 0.25) is 0 Å². The molecule has 0 amide bonds. The molecule has 0 heterocycles. The Morgan fingerprint density at radius 1 is 0.880 bits per heavy atom. The van der Waals surface area contributed by atoms with Crippen LogP contribution in [0.4, 0.5) is 8.78 Å². The molecule has 25 heavy (non-hydrogen) atoms. The average molecular weight is 343 g/mol. The molecule has 0 saturated heterocycles. The number of hydrogen-bond acceptors (Lipinski definition) is 1. The second-order valence-corrected chi connectivity index (χ2v) is 7.99. The molecule has 2 aliphatic rings. The number of nitrogens with zero attached hydrogens (tertiary/aromatic N) is 1. The fourth-order valence-corrected chi connectivity index (χ4v) is 4.37. The zero-order valence-corrected chi connectivity index (χ0v) is 15.0. The molecule has 3 heteroatoms. The van der Waals surface area contributed by atoms with Crippen LogP contribution in [0.2, 0.25) is 0 Å². The maximum atomic E-state index is 13.8. The number of halogens is 2. The molecule has 0 aliphatic heterocycles. The van der Waals surface area contributed by atoms with E-state index in [2.05, 4.69) is 19.1 Å². The minimum Gasteiger partial charge on any atom is -0.205 e. The molecule has 2 fully saturated rings. The van der Waals surface area contributed by atoms with Gasteiger partial charge in [0.1, 0.15) is 23.3 Å². The Morgan fingerprint density at radius 3 is 1.84 bits per heavy atom. The second-order valence-electron chi connectivity index (χ2n) is 7.99. The standard InChI is InChI=1S/C22H27F2N/c1-15-2-4-16(5-3-15)6-7-17-8-10-18(11-9-17)19-12-21(23)20(14-25)22(24)13-19/h6-7,12-13,15-18H,2-5,8-11H2,1H3. The Morgan fingerprint density at radius 2 is 1.36 bits per heavy atom. The highest BCUT2D eigenvalue weighted by atomic mass is 19.1. The molecule has 0 aromatic heterocycles. The molecule has 0 radical (unpaired) electrons. The molecule has 0 N–H and O–H groups in total. The summed E-state index contributed by atoms with van der Waals surface area (Å²) < 4.78 is 27.6. The van der Waals surface area contributed by atoms with Gasteiger partial charge < -0.3 is 0 Å². The summed E-state index contributed by atoms with van der Waals surface area (Å²) in [5.41, 5.74) is 0.236. The molecule has 0 atom stereocenters. The van der Waals surface area contributed by atoms with Crippen molar-refractivity contribution in [3.8, 4) is 6.07 Å². The maximum absolute atomic E-state index is 13.8. The van der Waals surface area contributed by atoms with Crippen molar-refractivity contribution < 1.29 is 8.78 Å². The monoisotopic (exact) mass is 343 g/mol. The highest BCUT2D eigenvalue weighted by Gasteiger charge is 2.24. The molecule has 2 aliphatic carbocycles. The molecule has 1 aromatic carbocycles. The summed E-state index contributed by atoms with van der Waals surface area (Å²) >= 11 is 0. The predicted octanol–water partition coefficient (Wildman–Crippen LogP) is 6.49. The molecule has 0 unspecified atom stereocenters. The van der Waals surface area contributed by atoms with Crippen molar-refractivity contribution in [3.63, 3.8) is 0 Å². The van der Waals surface area contributed by atoms with Crippen molar-refractivity contribution in [2.75, 3.05) is 0 Å². The number of benzene rings is 1. The van der Waals surface area contributed by atoms with Crippen LogP contribution in [0.15, 0.2) is 24.3 Å². The molecule has 0 bridgehead atoms. The lowest BCUT2D eigenvalue weighted by Crippen LogP contribution is -2.14. The van der Waals surface area contributed by atoms with E-state index in [0.29, 0.717) is 11.5 Å². The van der Waals surface area contributed by atoms with Crippen LogP contribution >= 0.6 is 0 Å². The van der Waals surface area contributed by atoms with Gasteiger partial charge in [-0.3, -0.25) is 0 Å². The summed E-state index contributed by atoms with van der Waals surface area (Å²) in [5.74, 6) is 0.974. The average Bonchev–Trinajstić information content (AvgIpc) is 2.61. The SMILES string of the molecule is CC1CCC(C=CC2CCC(c3cc(F)c(C#N)c(F)c3)CC2)CC1. The summed E-state index contributed by atoms with van der Waals surface area (Å²) in [7, 11) is 0. The van der Waals surface area contributed by atoms with Gasteiger partial charge in [0.05, 0.1) is 0 Å². The predicted molar refractivity (Wildman–Crippen MR) is 96.0 cm³/mol. The van der Waals surface area contributed by atoms with E-state index in [1.54, 1.807) is 6.07 Å². The number of allylic oxidation sites excluding steroid dienone is 2. The molecule has 1 aromatic rings. The number of hydrogen-bond donors (Lipinski definition) is 0. The van der Waals surface area contributed by atoms with Gasteiger partial charge in [-0.05, 0) is 79.9 Å². The lowest BCUT2D eigenvalue weighted by atomic mass is 9.77. The lowest BCUT2D eigenvalue weighted by molar-refractivity contribution is 0.326. The summed E-state index contributed by atoms with van der Waals surface area (Å²) in [6.07, 6.45) is 14.2. The molecule has 134 valence electrons. The van der Waals surface area contributed by atoms with Crippen molar-refractivity contribution >= 4 is 0 Å². The second kappa shape index (κ2) is 8.13. The smallest absolute Gasteiger partial charge is 0.144 e. The fraction of sp³-hybridized carbons (Fsp3) is 0.591. The van der Waals surface area contributed by atoms with Gasteiger partial charge in [0.15, 0.2) is 0 Å². The van der Waals surface area contributed by atoms with Crippen LogP contribution in [0.1, 0.15) is 75.3 Å². The van der Waals surface area contributed by atoms with Gasteiger partial charge in [0, 0.05) is 0 Å². The first-order chi connectivity index (χ1) is 12.1. The van der Waals surface area contributed by atoms with Crippen LogP contribution in [-0.4, -0.2) is 0 Å². The fourth-order valence-electron chi connectivity index (χ4n) is 4.37. The Hall–Kier alpha value is -1.69. The Kier molecular flexibility index (Phi) is 5.89. The van der Waals surface area contributed by atoms with E-state index in [9.17, 15) is 8.78 Å². The summed E-state index contributed by atoms with van der Waals surface area (Å²) in [6, 6.07) is 4.30. The topological polar surface area (TPSA) is 23.8 Å². The summed E-state index contributed by atoms with van der Waals surface area (Å²) in [6.45, 7) is 2.34. The van der Waals surface area contributed by atoms with E-state index in [-0.39, 0.29) is 5.92 Å². The van der Waals surface area contributed by atoms with Crippen LogP contribution in [0.3, 0.4) is 0 Å². The van der Waals surface area contributed by atoms with Gasteiger partial charge in [-0.25, -0.2) is 8.78 Å². The van der Waals surface area contributed by atoms with Crippen LogP contribution in [0.5, 0.6) is 0 Å². The van der Waals surface area contributed by atoms with E-state index >= 15 is 0 Å². The third kappa shape index (κ3) is 4.48. The number of nitriles is 1. The first-order valence-corrected chi connectivity index (χ1v) is 9.64. The minimum atomic E-state index is -0.731. The minimum absolute atomic E-state index is 0.205. The van der Waals surface area contributed by atoms with Gasteiger partial charge in [0.25, 0.3) is 0 Å². The first-order valence-electron chi connectivity index (χ1n) is 9.64. The largest absolute Gasteiger partial charge is 0.205 e. The van der Waals surface area contributed by atoms with Crippen molar-refractivity contribution in [1.29, 1.82) is 5.26 Å². The summed E-state index contributed by atoms with van der Waals surface area (Å²) in [4.78, 5) is 0. The van der Waals surface area contributed by atoms with Crippen LogP contribution in [0.25, 0.3) is 0 Å². The molecule has 1 nitrogen and oxygen atoms in total. The van der Waals surface area contributed by atoms with Crippen molar-refractivity contribution in [2.24, 2.45) is 17.8 Å². The van der Waals surface area contributed by atoms with E-state index in [1.807, 2.05) is 0 Å². The normalized spacial score (nSPS) is 30.3. The van der Waals surface area contributed by atoms with Gasteiger partial charge in [-0.2, -0.15) is 5.26 Å². The first kappa shape index (κ1) is 18.1. The van der Waals surface area contributed by atoms with E-state index in [1.165, 1.54) is 37.8 Å².